The highest BCUT2D eigenvalue weighted by molar-refractivity contribution is 7.98. The number of ether oxygens (including phenoxy) is 1. The Morgan fingerprint density at radius 2 is 2.07 bits per heavy atom. The molecule has 0 saturated heterocycles. The average molecular weight is 419 g/mol. The minimum absolute atomic E-state index is 0.229. The maximum atomic E-state index is 12.9. The zero-order valence-electron chi connectivity index (χ0n) is 16.6. The molecule has 2 aromatic carbocycles. The van der Waals surface area contributed by atoms with Gasteiger partial charge < -0.3 is 10.1 Å². The molecular formula is C23H22N4O2S. The number of nitrogens with one attached hydrogen (secondary N) is 1. The van der Waals surface area contributed by atoms with Gasteiger partial charge in [-0.25, -0.2) is 4.68 Å². The summed E-state index contributed by atoms with van der Waals surface area (Å²) in [6.45, 7) is 0. The predicted octanol–water partition coefficient (Wildman–Crippen LogP) is 4.46. The van der Waals surface area contributed by atoms with Crippen LogP contribution in [0, 0.1) is 5.92 Å². The Morgan fingerprint density at radius 1 is 1.20 bits per heavy atom. The lowest BCUT2D eigenvalue weighted by Crippen LogP contribution is -2.38. The van der Waals surface area contributed by atoms with Gasteiger partial charge in [-0.1, -0.05) is 60.3 Å². The van der Waals surface area contributed by atoms with Crippen molar-refractivity contribution in [1.82, 2.24) is 14.8 Å². The zero-order chi connectivity index (χ0) is 20.5. The Balaban J connectivity index is 1.53. The summed E-state index contributed by atoms with van der Waals surface area (Å²) >= 11 is 1.59. The molecule has 1 N–H and O–H groups in total. The van der Waals surface area contributed by atoms with Crippen LogP contribution in [0.25, 0.3) is 0 Å². The van der Waals surface area contributed by atoms with Gasteiger partial charge in [0.1, 0.15) is 11.5 Å². The van der Waals surface area contributed by atoms with E-state index in [-0.39, 0.29) is 17.7 Å². The van der Waals surface area contributed by atoms with Gasteiger partial charge in [0.15, 0.2) is 0 Å². The molecule has 0 fully saturated rings. The Bertz CT molecular complexity index is 1110. The minimum atomic E-state index is -0.285. The van der Waals surface area contributed by atoms with Gasteiger partial charge in [0.2, 0.25) is 11.1 Å². The highest BCUT2D eigenvalue weighted by Crippen LogP contribution is 2.42. The number of benzene rings is 2. The number of carbonyl (C=O) groups is 1. The monoisotopic (exact) mass is 418 g/mol. The molecule has 5 rings (SSSR count). The number of nitrogens with zero attached hydrogens (tertiary/aromatic N) is 3. The molecule has 0 radical (unpaired) electrons. The van der Waals surface area contributed by atoms with Crippen LogP contribution in [0.3, 0.4) is 0 Å². The number of fused-ring (bicyclic) bond motifs is 2. The Morgan fingerprint density at radius 3 is 2.90 bits per heavy atom. The van der Waals surface area contributed by atoms with E-state index in [2.05, 4.69) is 23.5 Å². The lowest BCUT2D eigenvalue weighted by Gasteiger charge is -2.36. The fraction of sp³-hybridized carbons (Fsp3) is 0.261. The van der Waals surface area contributed by atoms with E-state index in [9.17, 15) is 4.79 Å². The highest BCUT2D eigenvalue weighted by Gasteiger charge is 2.41. The zero-order valence-corrected chi connectivity index (χ0v) is 17.4. The Kier molecular flexibility index (Phi) is 5.04. The molecule has 1 aliphatic heterocycles. The van der Waals surface area contributed by atoms with E-state index in [0.717, 1.165) is 29.2 Å². The summed E-state index contributed by atoms with van der Waals surface area (Å²) in [6.07, 6.45) is 3.43. The molecular weight excluding hydrogens is 396 g/mol. The molecule has 2 aliphatic rings. The van der Waals surface area contributed by atoms with Crippen LogP contribution in [0.5, 0.6) is 5.75 Å². The van der Waals surface area contributed by atoms with Crippen LogP contribution in [-0.2, 0) is 10.5 Å². The molecule has 0 saturated carbocycles. The Hall–Kier alpha value is -3.06. The fourth-order valence-corrected chi connectivity index (χ4v) is 4.88. The van der Waals surface area contributed by atoms with Crippen LogP contribution >= 0.6 is 11.8 Å². The molecule has 152 valence electrons. The molecule has 30 heavy (non-hydrogen) atoms. The molecule has 0 unspecified atom stereocenters. The number of thioether (sulfide) groups is 1. The molecule has 1 aromatic heterocycles. The average Bonchev–Trinajstić information content (AvgIpc) is 3.19. The van der Waals surface area contributed by atoms with Crippen molar-refractivity contribution >= 4 is 23.5 Å². The SMILES string of the molecule is COc1cccc([C@@H]2[C@H]3C(=O)CCC=C3Nc3nc(SCc4ccccc4)nn32)c1. The van der Waals surface area contributed by atoms with Crippen molar-refractivity contribution in [3.8, 4) is 5.75 Å². The van der Waals surface area contributed by atoms with Gasteiger partial charge in [-0.05, 0) is 29.7 Å². The van der Waals surface area contributed by atoms with Gasteiger partial charge in [0.25, 0.3) is 0 Å². The van der Waals surface area contributed by atoms with Crippen molar-refractivity contribution in [2.75, 3.05) is 12.4 Å². The minimum Gasteiger partial charge on any atom is -0.497 e. The summed E-state index contributed by atoms with van der Waals surface area (Å²) in [5, 5.41) is 8.85. The largest absolute Gasteiger partial charge is 0.497 e. The molecule has 2 heterocycles. The number of rotatable bonds is 5. The van der Waals surface area contributed by atoms with Gasteiger partial charge in [-0.2, -0.15) is 4.98 Å². The third kappa shape index (κ3) is 3.50. The third-order valence-electron chi connectivity index (χ3n) is 5.53. The molecule has 0 bridgehead atoms. The third-order valence-corrected chi connectivity index (χ3v) is 6.44. The second-order valence-electron chi connectivity index (χ2n) is 7.43. The van der Waals surface area contributed by atoms with Crippen LogP contribution in [0.15, 0.2) is 71.5 Å². The van der Waals surface area contributed by atoms with Crippen LogP contribution in [0.4, 0.5) is 5.95 Å². The topological polar surface area (TPSA) is 69.0 Å². The lowest BCUT2D eigenvalue weighted by atomic mass is 9.81. The van der Waals surface area contributed by atoms with Crippen molar-refractivity contribution in [1.29, 1.82) is 0 Å². The first-order valence-electron chi connectivity index (χ1n) is 10.00. The first kappa shape index (κ1) is 18.9. The smallest absolute Gasteiger partial charge is 0.227 e. The number of methoxy groups -OCH3 is 1. The summed E-state index contributed by atoms with van der Waals surface area (Å²) in [5.41, 5.74) is 3.14. The van der Waals surface area contributed by atoms with Crippen molar-refractivity contribution in [2.24, 2.45) is 5.92 Å². The summed E-state index contributed by atoms with van der Waals surface area (Å²) in [6, 6.07) is 17.9. The quantitative estimate of drug-likeness (QED) is 0.617. The Labute approximate surface area is 179 Å². The summed E-state index contributed by atoms with van der Waals surface area (Å²) in [7, 11) is 1.65. The lowest BCUT2D eigenvalue weighted by molar-refractivity contribution is -0.123. The molecule has 0 spiro atoms. The normalized spacial score (nSPS) is 20.0. The number of ketones is 1. The predicted molar refractivity (Wildman–Crippen MR) is 117 cm³/mol. The number of anilines is 1. The van der Waals surface area contributed by atoms with Gasteiger partial charge in [-0.15, -0.1) is 5.10 Å². The van der Waals surface area contributed by atoms with Crippen LogP contribution < -0.4 is 10.1 Å². The molecule has 0 amide bonds. The highest BCUT2D eigenvalue weighted by atomic mass is 32.2. The number of aromatic nitrogens is 3. The van der Waals surface area contributed by atoms with Crippen molar-refractivity contribution in [2.45, 2.75) is 29.8 Å². The first-order valence-corrected chi connectivity index (χ1v) is 11.0. The van der Waals surface area contributed by atoms with Gasteiger partial charge in [0.05, 0.1) is 19.1 Å². The van der Waals surface area contributed by atoms with Crippen molar-refractivity contribution < 1.29 is 9.53 Å². The second-order valence-corrected chi connectivity index (χ2v) is 8.37. The van der Waals surface area contributed by atoms with E-state index < -0.39 is 0 Å². The maximum absolute atomic E-state index is 12.9. The van der Waals surface area contributed by atoms with E-state index in [1.165, 1.54) is 5.56 Å². The number of allylic oxidation sites excluding steroid dienone is 2. The van der Waals surface area contributed by atoms with E-state index in [1.807, 2.05) is 47.1 Å². The number of Topliss-reactive ketones (excluding diaryl/α,β-unsaturated/α-hetero) is 1. The number of hydrogen-bond acceptors (Lipinski definition) is 6. The number of hydrogen-bond donors (Lipinski definition) is 1. The maximum Gasteiger partial charge on any atom is 0.227 e. The van der Waals surface area contributed by atoms with Gasteiger partial charge in [-0.3, -0.25) is 4.79 Å². The van der Waals surface area contributed by atoms with Gasteiger partial charge in [0, 0.05) is 17.9 Å². The summed E-state index contributed by atoms with van der Waals surface area (Å²) in [5.74, 6) is 2.18. The summed E-state index contributed by atoms with van der Waals surface area (Å²) in [4.78, 5) is 17.6. The van der Waals surface area contributed by atoms with E-state index >= 15 is 0 Å². The fourth-order valence-electron chi connectivity index (χ4n) is 4.10. The van der Waals surface area contributed by atoms with Crippen molar-refractivity contribution in [3.63, 3.8) is 0 Å². The standard InChI is InChI=1S/C23H22N4O2S/c1-29-17-10-5-9-16(13-17)21-20-18(11-6-12-19(20)28)24-22-25-23(26-27(21)22)30-14-15-7-3-2-4-8-15/h2-5,7-11,13,20-21H,6,12,14H2,1H3,(H,24,25,26)/t20-,21-/m1/s1. The molecule has 3 aromatic rings. The van der Waals surface area contributed by atoms with E-state index in [0.29, 0.717) is 17.5 Å². The van der Waals surface area contributed by atoms with Gasteiger partial charge >= 0.3 is 0 Å². The van der Waals surface area contributed by atoms with E-state index in [1.54, 1.807) is 18.9 Å². The molecule has 7 heteroatoms. The van der Waals surface area contributed by atoms with Crippen LogP contribution in [0.1, 0.15) is 30.0 Å². The van der Waals surface area contributed by atoms with Crippen LogP contribution in [0.2, 0.25) is 0 Å². The second kappa shape index (κ2) is 7.99. The van der Waals surface area contributed by atoms with E-state index in [4.69, 9.17) is 14.8 Å². The number of carbonyl (C=O) groups excluding carboxylic acids is 1. The molecule has 6 nitrogen and oxygen atoms in total. The molecule has 1 aliphatic carbocycles. The van der Waals surface area contributed by atoms with Crippen molar-refractivity contribution in [3.05, 3.63) is 77.5 Å². The van der Waals surface area contributed by atoms with Crippen LogP contribution in [-0.4, -0.2) is 27.7 Å². The molecule has 2 atom stereocenters. The first-order chi connectivity index (χ1) is 14.7. The summed E-state index contributed by atoms with van der Waals surface area (Å²) < 4.78 is 7.29.